The Kier molecular flexibility index (Phi) is 16.9. The van der Waals surface area contributed by atoms with Crippen molar-refractivity contribution in [2.75, 3.05) is 13.2 Å². The molecular formula is C25H42N2O11. The molecule has 0 heterocycles. The fourth-order valence-corrected chi connectivity index (χ4v) is 4.67. The first kappa shape index (κ1) is 33.2. The highest BCUT2D eigenvalue weighted by atomic mass is 17.0. The van der Waals surface area contributed by atoms with Crippen LogP contribution in [0.1, 0.15) is 90.4 Å². The lowest BCUT2D eigenvalue weighted by atomic mass is 9.86. The Morgan fingerprint density at radius 3 is 2.16 bits per heavy atom. The molecule has 1 rings (SSSR count). The second-order valence-electron chi connectivity index (χ2n) is 9.69. The zero-order valence-electron chi connectivity index (χ0n) is 22.1. The van der Waals surface area contributed by atoms with E-state index in [9.17, 15) is 40.0 Å². The molecule has 0 amide bonds. The van der Waals surface area contributed by atoms with Gasteiger partial charge in [0, 0.05) is 19.3 Å². The lowest BCUT2D eigenvalue weighted by Crippen LogP contribution is -2.30. The van der Waals surface area contributed by atoms with Crippen molar-refractivity contribution in [3.63, 3.8) is 0 Å². The third-order valence-corrected chi connectivity index (χ3v) is 6.69. The van der Waals surface area contributed by atoms with Crippen LogP contribution in [0.2, 0.25) is 0 Å². The van der Waals surface area contributed by atoms with Crippen LogP contribution in [0, 0.1) is 32.1 Å². The Labute approximate surface area is 222 Å². The maximum atomic E-state index is 12.2. The molecule has 0 radical (unpaired) electrons. The molecule has 1 aliphatic carbocycles. The average Bonchev–Trinajstić information content (AvgIpc) is 3.12. The smallest absolute Gasteiger partial charge is 0.306 e. The van der Waals surface area contributed by atoms with E-state index in [2.05, 4.69) is 16.6 Å². The summed E-state index contributed by atoms with van der Waals surface area (Å²) in [5, 5.41) is 39.2. The number of aliphatic hydroxyl groups excluding tert-OH is 2. The van der Waals surface area contributed by atoms with Crippen LogP contribution in [0.15, 0.2) is 12.2 Å². The molecule has 0 spiro atoms. The average molecular weight is 547 g/mol. The molecule has 0 aromatic heterocycles. The summed E-state index contributed by atoms with van der Waals surface area (Å²) in [5.41, 5.74) is 0. The van der Waals surface area contributed by atoms with Gasteiger partial charge in [0.25, 0.3) is 10.2 Å². The molecule has 0 aromatic carbocycles. The number of Topliss-reactive ketones (excluding diaryl/α,β-unsaturated/α-hetero) is 1. The van der Waals surface area contributed by atoms with Crippen molar-refractivity contribution in [1.29, 1.82) is 0 Å². The van der Waals surface area contributed by atoms with E-state index in [1.54, 1.807) is 0 Å². The summed E-state index contributed by atoms with van der Waals surface area (Å²) in [5.74, 6) is -0.791. The SMILES string of the molecule is CCCCCCCC(=O)CC[C@@H]1[C@@H](C/C=C\CCCC(=O)OC(CO[N+](=O)[O-])CO[N+](=O)[O-])[C@@H](O)C[C@H]1O. The van der Waals surface area contributed by atoms with Crippen molar-refractivity contribution in [3.05, 3.63) is 32.4 Å². The molecule has 0 unspecified atom stereocenters. The number of ketones is 1. The first-order valence-electron chi connectivity index (χ1n) is 13.4. The van der Waals surface area contributed by atoms with E-state index in [4.69, 9.17) is 4.74 Å². The zero-order valence-corrected chi connectivity index (χ0v) is 22.1. The number of hydrogen-bond donors (Lipinski definition) is 2. The standard InChI is InChI=1S/C25H42N2O11/c1-2-3-4-5-8-11-19(28)14-15-22-21(23(29)16-24(22)30)12-9-6-7-10-13-25(31)38-20(17-36-26(32)33)18-37-27(34)35/h6,9,20-24,29-30H,2-5,7-8,10-18H2,1H3/b9-6-/t21-,22-,23+,24-/m1/s1. The summed E-state index contributed by atoms with van der Waals surface area (Å²) < 4.78 is 4.96. The third-order valence-electron chi connectivity index (χ3n) is 6.69. The maximum absolute atomic E-state index is 12.2. The normalized spacial score (nSPS) is 21.1. The van der Waals surface area contributed by atoms with Gasteiger partial charge in [0.15, 0.2) is 0 Å². The molecule has 13 nitrogen and oxygen atoms in total. The molecule has 38 heavy (non-hydrogen) atoms. The fourth-order valence-electron chi connectivity index (χ4n) is 4.67. The van der Waals surface area contributed by atoms with Crippen LogP contribution in [0.25, 0.3) is 0 Å². The van der Waals surface area contributed by atoms with Gasteiger partial charge < -0.3 is 24.6 Å². The molecule has 1 aliphatic rings. The summed E-state index contributed by atoms with van der Waals surface area (Å²) in [7, 11) is 0. The van der Waals surface area contributed by atoms with Crippen LogP contribution in [0.5, 0.6) is 0 Å². The monoisotopic (exact) mass is 546 g/mol. The van der Waals surface area contributed by atoms with Gasteiger partial charge in [0.2, 0.25) is 0 Å². The molecule has 1 saturated carbocycles. The Hall–Kier alpha value is -2.80. The number of aliphatic hydroxyl groups is 2. The molecule has 0 bridgehead atoms. The zero-order chi connectivity index (χ0) is 28.3. The molecule has 218 valence electrons. The van der Waals surface area contributed by atoms with Crippen molar-refractivity contribution in [2.24, 2.45) is 11.8 Å². The summed E-state index contributed by atoms with van der Waals surface area (Å²) >= 11 is 0. The first-order chi connectivity index (χ1) is 18.1. The number of carbonyl (C=O) groups is 2. The van der Waals surface area contributed by atoms with E-state index in [0.29, 0.717) is 44.9 Å². The van der Waals surface area contributed by atoms with Gasteiger partial charge in [-0.3, -0.25) is 9.59 Å². The van der Waals surface area contributed by atoms with Crippen molar-refractivity contribution in [2.45, 2.75) is 109 Å². The van der Waals surface area contributed by atoms with Gasteiger partial charge in [-0.15, -0.1) is 20.2 Å². The quantitative estimate of drug-likeness (QED) is 0.0664. The number of allylic oxidation sites excluding steroid dienone is 2. The van der Waals surface area contributed by atoms with E-state index >= 15 is 0 Å². The van der Waals surface area contributed by atoms with Crippen LogP contribution >= 0.6 is 0 Å². The Morgan fingerprint density at radius 2 is 1.53 bits per heavy atom. The largest absolute Gasteiger partial charge is 0.458 e. The van der Waals surface area contributed by atoms with Crippen molar-refractivity contribution in [1.82, 2.24) is 0 Å². The van der Waals surface area contributed by atoms with Crippen molar-refractivity contribution < 1.29 is 44.4 Å². The molecule has 2 N–H and O–H groups in total. The predicted octanol–water partition coefficient (Wildman–Crippen LogP) is 3.50. The minimum atomic E-state index is -1.30. The lowest BCUT2D eigenvalue weighted by Gasteiger charge is -2.22. The lowest BCUT2D eigenvalue weighted by molar-refractivity contribution is -0.768. The molecule has 13 heteroatoms. The topological polar surface area (TPSA) is 189 Å². The molecule has 0 aromatic rings. The van der Waals surface area contributed by atoms with E-state index in [1.807, 2.05) is 12.2 Å². The predicted molar refractivity (Wildman–Crippen MR) is 135 cm³/mol. The number of esters is 1. The van der Waals surface area contributed by atoms with E-state index in [-0.39, 0.29) is 24.0 Å². The third kappa shape index (κ3) is 14.8. The van der Waals surface area contributed by atoms with Gasteiger partial charge in [-0.05, 0) is 50.4 Å². The number of rotatable bonds is 22. The molecule has 0 aliphatic heterocycles. The minimum absolute atomic E-state index is 0.0221. The summed E-state index contributed by atoms with van der Waals surface area (Å²) in [6.07, 6.45) is 9.86. The van der Waals surface area contributed by atoms with Crippen LogP contribution in [-0.2, 0) is 24.0 Å². The fraction of sp³-hybridized carbons (Fsp3) is 0.840. The van der Waals surface area contributed by atoms with Crippen molar-refractivity contribution in [3.8, 4) is 0 Å². The highest BCUT2D eigenvalue weighted by Gasteiger charge is 2.40. The summed E-state index contributed by atoms with van der Waals surface area (Å²) in [6.45, 7) is 0.773. The van der Waals surface area contributed by atoms with E-state index < -0.39 is 47.7 Å². The number of hydrogen-bond acceptors (Lipinski definition) is 11. The van der Waals surface area contributed by atoms with Crippen LogP contribution in [-0.4, -0.2) is 63.7 Å². The second kappa shape index (κ2) is 19.3. The Bertz CT molecular complexity index is 744. The van der Waals surface area contributed by atoms with Gasteiger partial charge in [-0.25, -0.2) is 0 Å². The highest BCUT2D eigenvalue weighted by Crippen LogP contribution is 2.38. The highest BCUT2D eigenvalue weighted by molar-refractivity contribution is 5.78. The van der Waals surface area contributed by atoms with Crippen LogP contribution in [0.3, 0.4) is 0 Å². The van der Waals surface area contributed by atoms with Crippen molar-refractivity contribution >= 4 is 11.8 Å². The Balaban J connectivity index is 2.36. The maximum Gasteiger partial charge on any atom is 0.306 e. The first-order valence-corrected chi connectivity index (χ1v) is 13.4. The number of carbonyl (C=O) groups excluding carboxylic acids is 2. The van der Waals surface area contributed by atoms with Gasteiger partial charge in [0.05, 0.1) is 12.2 Å². The number of ether oxygens (including phenoxy) is 1. The molecular weight excluding hydrogens is 504 g/mol. The second-order valence-corrected chi connectivity index (χ2v) is 9.69. The number of unbranched alkanes of at least 4 members (excludes halogenated alkanes) is 5. The molecule has 4 atom stereocenters. The minimum Gasteiger partial charge on any atom is -0.458 e. The van der Waals surface area contributed by atoms with Crippen LogP contribution in [0.4, 0.5) is 0 Å². The van der Waals surface area contributed by atoms with E-state index in [1.165, 1.54) is 6.42 Å². The Morgan fingerprint density at radius 1 is 0.895 bits per heavy atom. The van der Waals surface area contributed by atoms with E-state index in [0.717, 1.165) is 25.7 Å². The number of nitrogens with zero attached hydrogens (tertiary/aromatic N) is 2. The van der Waals surface area contributed by atoms with Crippen LogP contribution < -0.4 is 0 Å². The molecule has 0 saturated heterocycles. The van der Waals surface area contributed by atoms with Gasteiger partial charge in [-0.2, -0.15) is 0 Å². The summed E-state index contributed by atoms with van der Waals surface area (Å²) in [4.78, 5) is 53.0. The summed E-state index contributed by atoms with van der Waals surface area (Å²) in [6, 6.07) is 0. The van der Waals surface area contributed by atoms with Gasteiger partial charge in [0.1, 0.15) is 25.1 Å². The van der Waals surface area contributed by atoms with Gasteiger partial charge in [-0.1, -0.05) is 44.8 Å². The molecule has 1 fully saturated rings. The van der Waals surface area contributed by atoms with Gasteiger partial charge >= 0.3 is 5.97 Å².